The Morgan fingerprint density at radius 1 is 1.08 bits per heavy atom. The fourth-order valence-corrected chi connectivity index (χ4v) is 2.93. The van der Waals surface area contributed by atoms with E-state index in [1.165, 1.54) is 0 Å². The molecule has 1 atom stereocenters. The van der Waals surface area contributed by atoms with E-state index in [2.05, 4.69) is 4.99 Å². The highest BCUT2D eigenvalue weighted by molar-refractivity contribution is 6.20. The molecular formula is C20H19NO3. The number of hydrogen-bond donors (Lipinski definition) is 0. The second-order valence-corrected chi connectivity index (χ2v) is 5.71. The molecule has 0 bridgehead atoms. The molecule has 3 rings (SSSR count). The molecule has 2 aromatic carbocycles. The summed E-state index contributed by atoms with van der Waals surface area (Å²) in [6, 6.07) is 17.1. The van der Waals surface area contributed by atoms with Crippen LogP contribution in [0, 0.1) is 5.92 Å². The lowest BCUT2D eigenvalue weighted by molar-refractivity contribution is -0.141. The summed E-state index contributed by atoms with van der Waals surface area (Å²) < 4.78 is 5.04. The van der Waals surface area contributed by atoms with Gasteiger partial charge in [-0.1, -0.05) is 42.5 Å². The Balaban J connectivity index is 1.94. The maximum atomic E-state index is 12.9. The quantitative estimate of drug-likeness (QED) is 0.788. The van der Waals surface area contributed by atoms with Gasteiger partial charge in [0, 0.05) is 11.3 Å². The van der Waals surface area contributed by atoms with Gasteiger partial charge in [0.15, 0.2) is 5.78 Å². The molecule has 0 aliphatic carbocycles. The van der Waals surface area contributed by atoms with E-state index >= 15 is 0 Å². The molecule has 0 radical (unpaired) electrons. The van der Waals surface area contributed by atoms with Crippen molar-refractivity contribution in [2.45, 2.75) is 19.8 Å². The molecule has 0 aromatic heterocycles. The largest absolute Gasteiger partial charge is 0.466 e. The molecule has 1 aliphatic rings. The van der Waals surface area contributed by atoms with Crippen molar-refractivity contribution >= 4 is 23.2 Å². The van der Waals surface area contributed by atoms with Crippen LogP contribution in [-0.2, 0) is 16.0 Å². The van der Waals surface area contributed by atoms with Crippen LogP contribution in [0.2, 0.25) is 0 Å². The molecule has 1 unspecified atom stereocenters. The number of fused-ring (bicyclic) bond motifs is 1. The molecule has 1 heterocycles. The normalized spacial score (nSPS) is 16.3. The number of carbonyl (C=O) groups is 2. The van der Waals surface area contributed by atoms with Gasteiger partial charge in [0.2, 0.25) is 0 Å². The number of hydrogen-bond acceptors (Lipinski definition) is 4. The summed E-state index contributed by atoms with van der Waals surface area (Å²) in [5.74, 6) is -0.753. The number of benzene rings is 2. The van der Waals surface area contributed by atoms with Crippen molar-refractivity contribution in [1.82, 2.24) is 0 Å². The zero-order valence-corrected chi connectivity index (χ0v) is 13.6. The fourth-order valence-electron chi connectivity index (χ4n) is 2.93. The summed E-state index contributed by atoms with van der Waals surface area (Å²) in [5.41, 5.74) is 2.88. The maximum Gasteiger partial charge on any atom is 0.311 e. The van der Waals surface area contributed by atoms with Gasteiger partial charge in [-0.05, 0) is 31.0 Å². The smallest absolute Gasteiger partial charge is 0.311 e. The minimum absolute atomic E-state index is 0.0174. The first-order valence-electron chi connectivity index (χ1n) is 8.09. The van der Waals surface area contributed by atoms with Gasteiger partial charge < -0.3 is 4.74 Å². The van der Waals surface area contributed by atoms with Crippen LogP contribution in [0.1, 0.15) is 29.3 Å². The highest BCUT2D eigenvalue weighted by Crippen LogP contribution is 2.31. The maximum absolute atomic E-state index is 12.9. The molecule has 0 amide bonds. The Morgan fingerprint density at radius 3 is 2.54 bits per heavy atom. The first kappa shape index (κ1) is 16.1. The van der Waals surface area contributed by atoms with E-state index in [0.717, 1.165) is 5.56 Å². The molecule has 24 heavy (non-hydrogen) atoms. The van der Waals surface area contributed by atoms with E-state index in [4.69, 9.17) is 4.74 Å². The third kappa shape index (κ3) is 3.43. The van der Waals surface area contributed by atoms with Crippen LogP contribution in [-0.4, -0.2) is 24.1 Å². The van der Waals surface area contributed by atoms with Gasteiger partial charge in [-0.25, -0.2) is 0 Å². The van der Waals surface area contributed by atoms with Gasteiger partial charge in [-0.15, -0.1) is 0 Å². The van der Waals surface area contributed by atoms with Crippen LogP contribution in [0.4, 0.5) is 5.69 Å². The molecule has 122 valence electrons. The molecule has 0 fully saturated rings. The van der Waals surface area contributed by atoms with Crippen LogP contribution >= 0.6 is 0 Å². The molecule has 4 heteroatoms. The van der Waals surface area contributed by atoms with Crippen molar-refractivity contribution in [3.63, 3.8) is 0 Å². The zero-order chi connectivity index (χ0) is 16.9. The minimum atomic E-state index is -0.424. The van der Waals surface area contributed by atoms with Gasteiger partial charge in [-0.3, -0.25) is 14.6 Å². The molecule has 2 aromatic rings. The molecule has 1 aliphatic heterocycles. The Labute approximate surface area is 141 Å². The van der Waals surface area contributed by atoms with Crippen molar-refractivity contribution in [2.24, 2.45) is 10.9 Å². The molecule has 0 spiro atoms. The molecule has 4 nitrogen and oxygen atoms in total. The number of rotatable bonds is 5. The third-order valence-electron chi connectivity index (χ3n) is 4.07. The molecular weight excluding hydrogens is 302 g/mol. The van der Waals surface area contributed by atoms with E-state index in [1.54, 1.807) is 19.1 Å². The van der Waals surface area contributed by atoms with Crippen LogP contribution in [0.3, 0.4) is 0 Å². The van der Waals surface area contributed by atoms with E-state index in [-0.39, 0.29) is 18.2 Å². The van der Waals surface area contributed by atoms with Gasteiger partial charge in [-0.2, -0.15) is 0 Å². The van der Waals surface area contributed by atoms with Crippen LogP contribution in [0.25, 0.3) is 0 Å². The topological polar surface area (TPSA) is 55.7 Å². The summed E-state index contributed by atoms with van der Waals surface area (Å²) in [6.07, 6.45) is 0.581. The number of para-hydroxylation sites is 1. The molecule has 0 saturated carbocycles. The summed E-state index contributed by atoms with van der Waals surface area (Å²) in [7, 11) is 0. The number of Topliss-reactive ketones (excluding diaryl/α,β-unsaturated/α-hetero) is 1. The summed E-state index contributed by atoms with van der Waals surface area (Å²) >= 11 is 0. The van der Waals surface area contributed by atoms with Crippen molar-refractivity contribution in [3.05, 3.63) is 65.7 Å². The van der Waals surface area contributed by atoms with Gasteiger partial charge in [0.1, 0.15) is 0 Å². The highest BCUT2D eigenvalue weighted by atomic mass is 16.5. The lowest BCUT2D eigenvalue weighted by Gasteiger charge is -2.23. The summed E-state index contributed by atoms with van der Waals surface area (Å²) in [6.45, 7) is 2.09. The predicted molar refractivity (Wildman–Crippen MR) is 92.8 cm³/mol. The minimum Gasteiger partial charge on any atom is -0.466 e. The van der Waals surface area contributed by atoms with Crippen molar-refractivity contribution in [2.75, 3.05) is 6.61 Å². The highest BCUT2D eigenvalue weighted by Gasteiger charge is 2.32. The first-order chi connectivity index (χ1) is 11.7. The van der Waals surface area contributed by atoms with Crippen molar-refractivity contribution in [3.8, 4) is 0 Å². The number of esters is 1. The first-order valence-corrected chi connectivity index (χ1v) is 8.09. The van der Waals surface area contributed by atoms with Crippen LogP contribution in [0.5, 0.6) is 0 Å². The lowest BCUT2D eigenvalue weighted by atomic mass is 9.83. The average molecular weight is 321 g/mol. The van der Waals surface area contributed by atoms with E-state index in [0.29, 0.717) is 30.0 Å². The number of ether oxygens (including phenoxy) is 1. The zero-order valence-electron chi connectivity index (χ0n) is 13.6. The molecule has 0 saturated heterocycles. The number of carbonyl (C=O) groups excluding carboxylic acids is 2. The SMILES string of the molecule is CCOC(=O)CC1=Nc2ccccc2C(=O)C1Cc1ccccc1. The second kappa shape index (κ2) is 7.21. The van der Waals surface area contributed by atoms with Crippen molar-refractivity contribution in [1.29, 1.82) is 0 Å². The van der Waals surface area contributed by atoms with E-state index in [9.17, 15) is 9.59 Å². The molecule has 0 N–H and O–H groups in total. The number of aliphatic imine (C=N–C) groups is 1. The lowest BCUT2D eigenvalue weighted by Crippen LogP contribution is -2.31. The third-order valence-corrected chi connectivity index (χ3v) is 4.07. The number of ketones is 1. The van der Waals surface area contributed by atoms with Crippen LogP contribution in [0.15, 0.2) is 59.6 Å². The Morgan fingerprint density at radius 2 is 1.79 bits per heavy atom. The second-order valence-electron chi connectivity index (χ2n) is 5.71. The van der Waals surface area contributed by atoms with E-state index < -0.39 is 5.92 Å². The Kier molecular flexibility index (Phi) is 4.85. The standard InChI is InChI=1S/C20H19NO3/c1-2-24-19(22)13-18-16(12-14-8-4-3-5-9-14)20(23)15-10-6-7-11-17(15)21-18/h3-11,16H,2,12-13H2,1H3. The van der Waals surface area contributed by atoms with Gasteiger partial charge >= 0.3 is 5.97 Å². The fraction of sp³-hybridized carbons (Fsp3) is 0.250. The summed E-state index contributed by atoms with van der Waals surface area (Å²) in [5, 5.41) is 0. The van der Waals surface area contributed by atoms with E-state index in [1.807, 2.05) is 42.5 Å². The summed E-state index contributed by atoms with van der Waals surface area (Å²) in [4.78, 5) is 29.4. The predicted octanol–water partition coefficient (Wildman–Crippen LogP) is 3.77. The van der Waals surface area contributed by atoms with Gasteiger partial charge in [0.25, 0.3) is 0 Å². The number of nitrogens with zero attached hydrogens (tertiary/aromatic N) is 1. The Bertz CT molecular complexity index is 780. The van der Waals surface area contributed by atoms with Crippen LogP contribution < -0.4 is 0 Å². The van der Waals surface area contributed by atoms with Gasteiger partial charge in [0.05, 0.1) is 24.6 Å². The van der Waals surface area contributed by atoms with Crippen molar-refractivity contribution < 1.29 is 14.3 Å². The Hall–Kier alpha value is -2.75. The average Bonchev–Trinajstić information content (AvgIpc) is 2.59. The monoisotopic (exact) mass is 321 g/mol.